The highest BCUT2D eigenvalue weighted by Crippen LogP contribution is 2.30. The van der Waals surface area contributed by atoms with Gasteiger partial charge in [-0.3, -0.25) is 4.90 Å². The highest BCUT2D eigenvalue weighted by molar-refractivity contribution is 5.74. The quantitative estimate of drug-likeness (QED) is 0.846. The number of nitrogens with one attached hydrogen (secondary N) is 1. The Morgan fingerprint density at radius 3 is 2.88 bits per heavy atom. The Morgan fingerprint density at radius 2 is 2.12 bits per heavy atom. The van der Waals surface area contributed by atoms with Crippen molar-refractivity contribution in [2.24, 2.45) is 5.92 Å². The van der Waals surface area contributed by atoms with Crippen LogP contribution in [0.2, 0.25) is 0 Å². The SMILES string of the molecule is CCn1ccnc1C1CCCCN1C(=O)NC[C@H]1CCCN1CC(C)C. The fourth-order valence-electron chi connectivity index (χ4n) is 4.47. The van der Waals surface area contributed by atoms with Crippen molar-refractivity contribution in [3.8, 4) is 0 Å². The van der Waals surface area contributed by atoms with E-state index in [-0.39, 0.29) is 12.1 Å². The molecule has 1 unspecified atom stereocenters. The van der Waals surface area contributed by atoms with Gasteiger partial charge >= 0.3 is 6.03 Å². The average molecular weight is 362 g/mol. The largest absolute Gasteiger partial charge is 0.336 e. The molecule has 0 saturated carbocycles. The molecular formula is C20H35N5O. The minimum absolute atomic E-state index is 0.0803. The van der Waals surface area contributed by atoms with Crippen molar-refractivity contribution >= 4 is 6.03 Å². The summed E-state index contributed by atoms with van der Waals surface area (Å²) in [5.41, 5.74) is 0. The maximum atomic E-state index is 12.9. The van der Waals surface area contributed by atoms with Gasteiger partial charge in [-0.05, 0) is 51.5 Å². The summed E-state index contributed by atoms with van der Waals surface area (Å²) < 4.78 is 2.16. The molecule has 6 heteroatoms. The number of imidazole rings is 1. The third-order valence-electron chi connectivity index (χ3n) is 5.74. The van der Waals surface area contributed by atoms with Gasteiger partial charge in [0.1, 0.15) is 5.82 Å². The minimum Gasteiger partial charge on any atom is -0.336 e. The monoisotopic (exact) mass is 361 g/mol. The van der Waals surface area contributed by atoms with E-state index < -0.39 is 0 Å². The molecule has 1 N–H and O–H groups in total. The van der Waals surface area contributed by atoms with Crippen molar-refractivity contribution in [1.82, 2.24) is 24.7 Å². The second kappa shape index (κ2) is 8.89. The van der Waals surface area contributed by atoms with Gasteiger partial charge in [0.05, 0.1) is 6.04 Å². The zero-order chi connectivity index (χ0) is 18.5. The lowest BCUT2D eigenvalue weighted by Crippen LogP contribution is -2.49. The van der Waals surface area contributed by atoms with E-state index in [1.54, 1.807) is 0 Å². The third-order valence-corrected chi connectivity index (χ3v) is 5.74. The Balaban J connectivity index is 1.60. The molecule has 2 aliphatic heterocycles. The lowest BCUT2D eigenvalue weighted by molar-refractivity contribution is 0.141. The van der Waals surface area contributed by atoms with Crippen LogP contribution < -0.4 is 5.32 Å². The maximum Gasteiger partial charge on any atom is 0.318 e. The standard InChI is InChI=1S/C20H35N5O/c1-4-23-13-10-21-19(23)18-9-5-6-12-25(18)20(26)22-14-17-8-7-11-24(17)15-16(2)3/h10,13,16-18H,4-9,11-12,14-15H2,1-3H3,(H,22,26)/t17-,18?/m1/s1. The van der Waals surface area contributed by atoms with E-state index in [9.17, 15) is 4.79 Å². The number of aryl methyl sites for hydroxylation is 1. The number of rotatable bonds is 6. The van der Waals surface area contributed by atoms with Gasteiger partial charge in [0, 0.05) is 44.6 Å². The number of likely N-dealkylation sites (tertiary alicyclic amines) is 2. The number of amides is 2. The minimum atomic E-state index is 0.0803. The smallest absolute Gasteiger partial charge is 0.318 e. The molecule has 2 amide bonds. The third kappa shape index (κ3) is 4.40. The molecule has 0 radical (unpaired) electrons. The van der Waals surface area contributed by atoms with E-state index >= 15 is 0 Å². The number of aromatic nitrogens is 2. The summed E-state index contributed by atoms with van der Waals surface area (Å²) in [6.07, 6.45) is 9.56. The van der Waals surface area contributed by atoms with Gasteiger partial charge in [-0.15, -0.1) is 0 Å². The van der Waals surface area contributed by atoms with Crippen LogP contribution in [0.5, 0.6) is 0 Å². The molecule has 0 spiro atoms. The zero-order valence-electron chi connectivity index (χ0n) is 16.7. The van der Waals surface area contributed by atoms with Crippen molar-refractivity contribution in [2.45, 2.75) is 71.5 Å². The molecule has 146 valence electrons. The fourth-order valence-corrected chi connectivity index (χ4v) is 4.47. The maximum absolute atomic E-state index is 12.9. The van der Waals surface area contributed by atoms with E-state index in [0.717, 1.165) is 51.3 Å². The Hall–Kier alpha value is -1.56. The summed E-state index contributed by atoms with van der Waals surface area (Å²) in [5, 5.41) is 3.24. The van der Waals surface area contributed by atoms with E-state index in [2.05, 4.69) is 40.5 Å². The summed E-state index contributed by atoms with van der Waals surface area (Å²) in [6.45, 7) is 11.4. The molecule has 3 heterocycles. The van der Waals surface area contributed by atoms with Crippen molar-refractivity contribution in [2.75, 3.05) is 26.2 Å². The van der Waals surface area contributed by atoms with Crippen molar-refractivity contribution in [1.29, 1.82) is 0 Å². The topological polar surface area (TPSA) is 53.4 Å². The summed E-state index contributed by atoms with van der Waals surface area (Å²) in [5.74, 6) is 1.70. The van der Waals surface area contributed by atoms with Gasteiger partial charge in [-0.2, -0.15) is 0 Å². The lowest BCUT2D eigenvalue weighted by Gasteiger charge is -2.36. The van der Waals surface area contributed by atoms with Crippen molar-refractivity contribution in [3.05, 3.63) is 18.2 Å². The molecule has 1 aromatic rings. The normalized spacial score (nSPS) is 24.4. The first-order valence-electron chi connectivity index (χ1n) is 10.4. The fraction of sp³-hybridized carbons (Fsp3) is 0.800. The molecule has 0 aliphatic carbocycles. The molecule has 2 aliphatic rings. The number of hydrogen-bond acceptors (Lipinski definition) is 3. The van der Waals surface area contributed by atoms with Gasteiger partial charge in [0.15, 0.2) is 0 Å². The number of piperidine rings is 1. The van der Waals surface area contributed by atoms with Crippen LogP contribution >= 0.6 is 0 Å². The van der Waals surface area contributed by atoms with Crippen molar-refractivity contribution < 1.29 is 4.79 Å². The summed E-state index contributed by atoms with van der Waals surface area (Å²) >= 11 is 0. The van der Waals surface area contributed by atoms with Gasteiger partial charge in [-0.25, -0.2) is 9.78 Å². The molecule has 1 aromatic heterocycles. The van der Waals surface area contributed by atoms with E-state index in [1.807, 2.05) is 17.3 Å². The second-order valence-corrected chi connectivity index (χ2v) is 8.15. The number of urea groups is 1. The van der Waals surface area contributed by atoms with Gasteiger partial charge < -0.3 is 14.8 Å². The molecule has 2 atom stereocenters. The van der Waals surface area contributed by atoms with Gasteiger partial charge in [0.2, 0.25) is 0 Å². The first kappa shape index (κ1) is 19.2. The second-order valence-electron chi connectivity index (χ2n) is 8.15. The predicted octanol–water partition coefficient (Wildman–Crippen LogP) is 3.26. The molecule has 6 nitrogen and oxygen atoms in total. The Bertz CT molecular complexity index is 585. The zero-order valence-corrected chi connectivity index (χ0v) is 16.7. The molecule has 26 heavy (non-hydrogen) atoms. The van der Waals surface area contributed by atoms with Crippen LogP contribution in [0.15, 0.2) is 12.4 Å². The first-order valence-corrected chi connectivity index (χ1v) is 10.4. The summed E-state index contributed by atoms with van der Waals surface area (Å²) in [4.78, 5) is 22.1. The molecule has 2 fully saturated rings. The number of carbonyl (C=O) groups excluding carboxylic acids is 1. The number of nitrogens with zero attached hydrogens (tertiary/aromatic N) is 4. The molecule has 2 saturated heterocycles. The molecular weight excluding hydrogens is 326 g/mol. The summed E-state index contributed by atoms with van der Waals surface area (Å²) in [7, 11) is 0. The van der Waals surface area contributed by atoms with Crippen LogP contribution in [0, 0.1) is 5.92 Å². The average Bonchev–Trinajstić information content (AvgIpc) is 3.28. The Kier molecular flexibility index (Phi) is 6.57. The van der Waals surface area contributed by atoms with E-state index in [0.29, 0.717) is 12.0 Å². The van der Waals surface area contributed by atoms with Crippen LogP contribution in [0.4, 0.5) is 4.79 Å². The highest BCUT2D eigenvalue weighted by atomic mass is 16.2. The molecule has 0 aromatic carbocycles. The summed E-state index contributed by atoms with van der Waals surface area (Å²) in [6, 6.07) is 0.674. The van der Waals surface area contributed by atoms with Gasteiger partial charge in [-0.1, -0.05) is 13.8 Å². The number of carbonyl (C=O) groups is 1. The highest BCUT2D eigenvalue weighted by Gasteiger charge is 2.32. The van der Waals surface area contributed by atoms with Crippen LogP contribution in [0.25, 0.3) is 0 Å². The Labute approximate surface area is 157 Å². The van der Waals surface area contributed by atoms with Gasteiger partial charge in [0.25, 0.3) is 0 Å². The van der Waals surface area contributed by atoms with Crippen molar-refractivity contribution in [3.63, 3.8) is 0 Å². The molecule has 0 bridgehead atoms. The lowest BCUT2D eigenvalue weighted by atomic mass is 10.0. The van der Waals surface area contributed by atoms with Crippen LogP contribution in [-0.4, -0.2) is 57.6 Å². The predicted molar refractivity (Wildman–Crippen MR) is 104 cm³/mol. The van der Waals surface area contributed by atoms with E-state index in [1.165, 1.54) is 19.4 Å². The number of hydrogen-bond donors (Lipinski definition) is 1. The van der Waals surface area contributed by atoms with Crippen LogP contribution in [-0.2, 0) is 6.54 Å². The Morgan fingerprint density at radius 1 is 1.27 bits per heavy atom. The van der Waals surface area contributed by atoms with E-state index in [4.69, 9.17) is 0 Å². The first-order chi connectivity index (χ1) is 12.6. The van der Waals surface area contributed by atoms with Crippen LogP contribution in [0.1, 0.15) is 64.7 Å². The van der Waals surface area contributed by atoms with Crippen LogP contribution in [0.3, 0.4) is 0 Å². The molecule has 3 rings (SSSR count).